The molecule has 0 saturated carbocycles. The molecule has 0 atom stereocenters. The fourth-order valence-corrected chi connectivity index (χ4v) is 4.05. The molecule has 9 heteroatoms. The summed E-state index contributed by atoms with van der Waals surface area (Å²) in [5, 5.41) is 13.8. The Balaban J connectivity index is 1.53. The van der Waals surface area contributed by atoms with E-state index in [1.807, 2.05) is 48.5 Å². The number of aromatic nitrogens is 5. The molecule has 0 aliphatic heterocycles. The topological polar surface area (TPSA) is 88.1 Å². The molecule has 0 saturated heterocycles. The van der Waals surface area contributed by atoms with Gasteiger partial charge in [-0.15, -0.1) is 10.2 Å². The van der Waals surface area contributed by atoms with E-state index < -0.39 is 0 Å². The maximum atomic E-state index is 5.47. The summed E-state index contributed by atoms with van der Waals surface area (Å²) in [6.07, 6.45) is 2.11. The average Bonchev–Trinajstić information content (AvgIpc) is 3.48. The highest BCUT2D eigenvalue weighted by Gasteiger charge is 2.17. The number of thioether (sulfide) groups is 1. The molecule has 0 amide bonds. The molecule has 0 bridgehead atoms. The Labute approximate surface area is 191 Å². The summed E-state index contributed by atoms with van der Waals surface area (Å²) in [5.41, 5.74) is 1.79. The van der Waals surface area contributed by atoms with Gasteiger partial charge in [-0.05, 0) is 42.8 Å². The Bertz CT molecular complexity index is 1160. The van der Waals surface area contributed by atoms with Crippen molar-refractivity contribution in [1.82, 2.24) is 24.9 Å². The van der Waals surface area contributed by atoms with Crippen LogP contribution in [0.5, 0.6) is 11.5 Å². The lowest BCUT2D eigenvalue weighted by molar-refractivity contribution is 0.390. The number of hydrogen-bond donors (Lipinski definition) is 0. The summed E-state index contributed by atoms with van der Waals surface area (Å²) < 4.78 is 18.3. The molecule has 2 heterocycles. The van der Waals surface area contributed by atoms with Crippen molar-refractivity contribution in [3.63, 3.8) is 0 Å². The molecular weight excluding hydrogens is 426 g/mol. The van der Waals surface area contributed by atoms with Gasteiger partial charge in [0.25, 0.3) is 0 Å². The summed E-state index contributed by atoms with van der Waals surface area (Å²) in [4.78, 5) is 4.53. The minimum Gasteiger partial charge on any atom is -0.497 e. The molecular formula is C23H25N5O3S. The number of para-hydroxylation sites is 1. The summed E-state index contributed by atoms with van der Waals surface area (Å²) in [6, 6.07) is 15.5. The van der Waals surface area contributed by atoms with E-state index in [2.05, 4.69) is 31.8 Å². The van der Waals surface area contributed by atoms with Gasteiger partial charge in [-0.2, -0.15) is 4.98 Å². The maximum Gasteiger partial charge on any atom is 0.237 e. The van der Waals surface area contributed by atoms with Crippen LogP contribution in [0.15, 0.2) is 58.2 Å². The van der Waals surface area contributed by atoms with Gasteiger partial charge in [-0.3, -0.25) is 0 Å². The Kier molecular flexibility index (Phi) is 7.06. The van der Waals surface area contributed by atoms with Gasteiger partial charge < -0.3 is 18.6 Å². The molecule has 0 fully saturated rings. The molecule has 2 aromatic carbocycles. The van der Waals surface area contributed by atoms with E-state index >= 15 is 0 Å². The van der Waals surface area contributed by atoms with Crippen LogP contribution < -0.4 is 9.47 Å². The van der Waals surface area contributed by atoms with Crippen molar-refractivity contribution in [1.29, 1.82) is 0 Å². The number of benzene rings is 2. The van der Waals surface area contributed by atoms with Crippen molar-refractivity contribution < 1.29 is 14.0 Å². The van der Waals surface area contributed by atoms with Crippen LogP contribution >= 0.6 is 11.8 Å². The van der Waals surface area contributed by atoms with Crippen molar-refractivity contribution >= 4 is 11.8 Å². The Morgan fingerprint density at radius 1 is 1.00 bits per heavy atom. The summed E-state index contributed by atoms with van der Waals surface area (Å²) in [7, 11) is 3.28. The summed E-state index contributed by atoms with van der Waals surface area (Å²) in [5.74, 6) is 3.87. The number of nitrogens with zero attached hydrogens (tertiary/aromatic N) is 5. The zero-order valence-electron chi connectivity index (χ0n) is 18.3. The Morgan fingerprint density at radius 2 is 1.81 bits per heavy atom. The van der Waals surface area contributed by atoms with Crippen molar-refractivity contribution in [2.75, 3.05) is 14.2 Å². The SMILES string of the molecule is CCCCn1c(SCc2nc(-c3ccccc3OC)no2)nnc1-c1ccc(OC)cc1. The van der Waals surface area contributed by atoms with E-state index in [0.717, 1.165) is 47.2 Å². The average molecular weight is 452 g/mol. The monoisotopic (exact) mass is 451 g/mol. The van der Waals surface area contributed by atoms with Gasteiger partial charge in [-0.25, -0.2) is 0 Å². The first-order valence-electron chi connectivity index (χ1n) is 10.4. The first-order valence-corrected chi connectivity index (χ1v) is 11.4. The molecule has 0 spiro atoms. The van der Waals surface area contributed by atoms with Gasteiger partial charge in [0, 0.05) is 12.1 Å². The van der Waals surface area contributed by atoms with Crippen LogP contribution in [-0.4, -0.2) is 39.1 Å². The number of ether oxygens (including phenoxy) is 2. The predicted molar refractivity (Wildman–Crippen MR) is 123 cm³/mol. The number of rotatable bonds is 10. The fourth-order valence-electron chi connectivity index (χ4n) is 3.25. The molecule has 0 aliphatic rings. The van der Waals surface area contributed by atoms with Gasteiger partial charge in [0.1, 0.15) is 11.5 Å². The lowest BCUT2D eigenvalue weighted by atomic mass is 10.2. The van der Waals surface area contributed by atoms with Crippen molar-refractivity contribution in [3.05, 3.63) is 54.4 Å². The standard InChI is InChI=1S/C23H25N5O3S/c1-4-5-14-28-22(16-10-12-17(29-2)13-11-16)25-26-23(28)32-15-20-24-21(27-31-20)18-8-6-7-9-19(18)30-3/h6-13H,4-5,14-15H2,1-3H3. The molecule has 0 radical (unpaired) electrons. The fraction of sp³-hybridized carbons (Fsp3) is 0.304. The zero-order valence-corrected chi connectivity index (χ0v) is 19.1. The van der Waals surface area contributed by atoms with Crippen LogP contribution in [0.4, 0.5) is 0 Å². The van der Waals surface area contributed by atoms with Crippen LogP contribution in [0, 0.1) is 0 Å². The molecule has 0 aliphatic carbocycles. The van der Waals surface area contributed by atoms with Crippen molar-refractivity contribution in [3.8, 4) is 34.3 Å². The highest BCUT2D eigenvalue weighted by molar-refractivity contribution is 7.98. The molecule has 0 N–H and O–H groups in total. The number of unbranched alkanes of at least 4 members (excludes halogenated alkanes) is 1. The summed E-state index contributed by atoms with van der Waals surface area (Å²) >= 11 is 1.53. The van der Waals surface area contributed by atoms with Gasteiger partial charge in [0.05, 0.1) is 25.5 Å². The predicted octanol–water partition coefficient (Wildman–Crippen LogP) is 5.10. The van der Waals surface area contributed by atoms with E-state index in [4.69, 9.17) is 14.0 Å². The van der Waals surface area contributed by atoms with Crippen LogP contribution in [0.2, 0.25) is 0 Å². The summed E-state index contributed by atoms with van der Waals surface area (Å²) in [6.45, 7) is 3.01. The second kappa shape index (κ2) is 10.3. The Morgan fingerprint density at radius 3 is 2.56 bits per heavy atom. The minimum atomic E-state index is 0.495. The Hall–Kier alpha value is -3.33. The first kappa shape index (κ1) is 21.9. The van der Waals surface area contributed by atoms with Crippen molar-refractivity contribution in [2.24, 2.45) is 0 Å². The van der Waals surface area contributed by atoms with E-state index in [1.165, 1.54) is 11.8 Å². The van der Waals surface area contributed by atoms with E-state index in [0.29, 0.717) is 23.2 Å². The largest absolute Gasteiger partial charge is 0.497 e. The normalized spacial score (nSPS) is 11.0. The second-order valence-corrected chi connectivity index (χ2v) is 7.98. The third-order valence-electron chi connectivity index (χ3n) is 4.94. The van der Waals surface area contributed by atoms with Crippen molar-refractivity contribution in [2.45, 2.75) is 37.2 Å². The van der Waals surface area contributed by atoms with Crippen LogP contribution in [0.3, 0.4) is 0 Å². The van der Waals surface area contributed by atoms with E-state index in [1.54, 1.807) is 14.2 Å². The zero-order chi connectivity index (χ0) is 22.3. The highest BCUT2D eigenvalue weighted by atomic mass is 32.2. The van der Waals surface area contributed by atoms with Gasteiger partial charge in [0.2, 0.25) is 11.7 Å². The van der Waals surface area contributed by atoms with Gasteiger partial charge >= 0.3 is 0 Å². The first-order chi connectivity index (χ1) is 15.7. The van der Waals surface area contributed by atoms with E-state index in [-0.39, 0.29) is 0 Å². The van der Waals surface area contributed by atoms with Gasteiger partial charge in [-0.1, -0.05) is 42.4 Å². The van der Waals surface area contributed by atoms with Crippen LogP contribution in [0.1, 0.15) is 25.7 Å². The lowest BCUT2D eigenvalue weighted by Gasteiger charge is -2.09. The molecule has 166 valence electrons. The second-order valence-electron chi connectivity index (χ2n) is 7.04. The number of methoxy groups -OCH3 is 2. The molecule has 4 aromatic rings. The third kappa shape index (κ3) is 4.77. The number of hydrogen-bond acceptors (Lipinski definition) is 8. The smallest absolute Gasteiger partial charge is 0.237 e. The van der Waals surface area contributed by atoms with Crippen LogP contribution in [-0.2, 0) is 12.3 Å². The molecule has 2 aromatic heterocycles. The third-order valence-corrected chi connectivity index (χ3v) is 5.89. The van der Waals surface area contributed by atoms with Gasteiger partial charge in [0.15, 0.2) is 11.0 Å². The van der Waals surface area contributed by atoms with E-state index in [9.17, 15) is 0 Å². The maximum absolute atomic E-state index is 5.47. The quantitative estimate of drug-likeness (QED) is 0.308. The molecule has 4 rings (SSSR count). The molecule has 32 heavy (non-hydrogen) atoms. The van der Waals surface area contributed by atoms with Crippen LogP contribution in [0.25, 0.3) is 22.8 Å². The molecule has 8 nitrogen and oxygen atoms in total. The molecule has 0 unspecified atom stereocenters. The lowest BCUT2D eigenvalue weighted by Crippen LogP contribution is -2.03. The minimum absolute atomic E-state index is 0.495. The highest BCUT2D eigenvalue weighted by Crippen LogP contribution is 2.30.